The molecule has 0 saturated heterocycles. The van der Waals surface area contributed by atoms with Crippen LogP contribution in [0.2, 0.25) is 0 Å². The van der Waals surface area contributed by atoms with Gasteiger partial charge in [-0.1, -0.05) is 24.3 Å². The normalized spacial score (nSPS) is 11.7. The average molecular weight is 569 g/mol. The van der Waals surface area contributed by atoms with Crippen molar-refractivity contribution in [3.8, 4) is 34.0 Å². The van der Waals surface area contributed by atoms with Crippen molar-refractivity contribution >= 4 is 43.5 Å². The number of anilines is 1. The molecule has 0 aliphatic heterocycles. The van der Waals surface area contributed by atoms with Gasteiger partial charge < -0.3 is 14.7 Å². The molecule has 0 atom stereocenters. The maximum absolute atomic E-state index is 13.7. The van der Waals surface area contributed by atoms with E-state index in [1.54, 1.807) is 18.2 Å². The van der Waals surface area contributed by atoms with Crippen LogP contribution in [0.4, 0.5) is 10.1 Å². The molecule has 1 amide bonds. The van der Waals surface area contributed by atoms with Gasteiger partial charge in [-0.25, -0.2) is 17.8 Å². The maximum atomic E-state index is 13.7. The second kappa shape index (κ2) is 9.90. The molecule has 2 N–H and O–H groups in total. The van der Waals surface area contributed by atoms with Crippen molar-refractivity contribution in [1.82, 2.24) is 15.3 Å². The zero-order valence-corrected chi connectivity index (χ0v) is 23.2. The molecule has 3 heterocycles. The first kappa shape index (κ1) is 26.3. The number of halogens is 1. The zero-order valence-electron chi connectivity index (χ0n) is 22.4. The Bertz CT molecular complexity index is 2030. The summed E-state index contributed by atoms with van der Waals surface area (Å²) in [5, 5.41) is 4.14. The number of benzene rings is 3. The SMILES string of the molecule is CNC(=O)c1c(-c2ccc(F)cc2)oc2cc(N(C)S(C)(=O)=O)c(-c3cccc(-c4cc5ccccc5[nH]4)n3)cc12. The van der Waals surface area contributed by atoms with E-state index in [0.29, 0.717) is 39.2 Å². The summed E-state index contributed by atoms with van der Waals surface area (Å²) >= 11 is 0. The van der Waals surface area contributed by atoms with Crippen LogP contribution in [-0.2, 0) is 10.0 Å². The number of hydrogen-bond acceptors (Lipinski definition) is 5. The summed E-state index contributed by atoms with van der Waals surface area (Å²) in [6.45, 7) is 0. The summed E-state index contributed by atoms with van der Waals surface area (Å²) in [5.41, 5.74) is 4.79. The molecule has 0 aliphatic carbocycles. The van der Waals surface area contributed by atoms with E-state index in [4.69, 9.17) is 9.40 Å². The molecular weight excluding hydrogens is 543 g/mol. The second-order valence-electron chi connectivity index (χ2n) is 9.67. The molecule has 10 heteroatoms. The minimum atomic E-state index is -3.68. The molecule has 206 valence electrons. The number of furan rings is 1. The van der Waals surface area contributed by atoms with Crippen LogP contribution in [-0.4, -0.2) is 44.6 Å². The van der Waals surface area contributed by atoms with Gasteiger partial charge in [-0.2, -0.15) is 0 Å². The third-order valence-electron chi connectivity index (χ3n) is 7.03. The number of carbonyl (C=O) groups is 1. The molecule has 0 aliphatic rings. The summed E-state index contributed by atoms with van der Waals surface area (Å²) < 4.78 is 46.3. The fourth-order valence-corrected chi connectivity index (χ4v) is 5.39. The Morgan fingerprint density at radius 1 is 0.976 bits per heavy atom. The smallest absolute Gasteiger partial charge is 0.255 e. The van der Waals surface area contributed by atoms with E-state index in [1.165, 1.54) is 38.4 Å². The van der Waals surface area contributed by atoms with Gasteiger partial charge in [0.1, 0.15) is 17.2 Å². The third kappa shape index (κ3) is 4.72. The first-order valence-corrected chi connectivity index (χ1v) is 14.6. The van der Waals surface area contributed by atoms with Crippen LogP contribution < -0.4 is 9.62 Å². The number of pyridine rings is 1. The van der Waals surface area contributed by atoms with Crippen LogP contribution in [0.3, 0.4) is 0 Å². The quantitative estimate of drug-likeness (QED) is 0.249. The Hall–Kier alpha value is -4.96. The Kier molecular flexibility index (Phi) is 6.34. The zero-order chi connectivity index (χ0) is 28.9. The highest BCUT2D eigenvalue weighted by molar-refractivity contribution is 7.92. The fourth-order valence-electron chi connectivity index (χ4n) is 4.88. The Balaban J connectivity index is 1.61. The molecule has 3 aromatic carbocycles. The maximum Gasteiger partial charge on any atom is 0.255 e. The van der Waals surface area contributed by atoms with Gasteiger partial charge in [-0.3, -0.25) is 9.10 Å². The number of hydrogen-bond donors (Lipinski definition) is 2. The van der Waals surface area contributed by atoms with E-state index >= 15 is 0 Å². The van der Waals surface area contributed by atoms with Crippen LogP contribution in [0.25, 0.3) is 55.8 Å². The van der Waals surface area contributed by atoms with Crippen molar-refractivity contribution in [1.29, 1.82) is 0 Å². The fraction of sp³-hybridized carbons (Fsp3) is 0.0968. The first-order chi connectivity index (χ1) is 19.6. The lowest BCUT2D eigenvalue weighted by molar-refractivity contribution is 0.0964. The van der Waals surface area contributed by atoms with Crippen molar-refractivity contribution in [2.45, 2.75) is 0 Å². The van der Waals surface area contributed by atoms with Gasteiger partial charge in [0.05, 0.1) is 34.6 Å². The molecule has 0 unspecified atom stereocenters. The lowest BCUT2D eigenvalue weighted by Crippen LogP contribution is -2.25. The van der Waals surface area contributed by atoms with Crippen molar-refractivity contribution in [2.24, 2.45) is 0 Å². The molecule has 0 fully saturated rings. The van der Waals surface area contributed by atoms with Gasteiger partial charge in [-0.15, -0.1) is 0 Å². The standard InChI is InChI=1S/C31H25FN4O4S/c1-33-31(37)29-22-16-21(24-9-6-10-25(35-24)26-15-19-7-4-5-8-23(19)34-26)27(36(2)41(3,38)39)17-28(22)40-30(29)18-11-13-20(32)14-12-18/h4-17,34H,1-3H3,(H,33,37). The van der Waals surface area contributed by atoms with Gasteiger partial charge in [-0.05, 0) is 54.6 Å². The molecule has 8 nitrogen and oxygen atoms in total. The van der Waals surface area contributed by atoms with Crippen LogP contribution >= 0.6 is 0 Å². The number of H-pyrrole nitrogens is 1. The molecule has 41 heavy (non-hydrogen) atoms. The molecule has 0 spiro atoms. The Morgan fingerprint density at radius 3 is 2.41 bits per heavy atom. The van der Waals surface area contributed by atoms with Crippen LogP contribution in [0.5, 0.6) is 0 Å². The number of aromatic amines is 1. The highest BCUT2D eigenvalue weighted by Crippen LogP contribution is 2.41. The van der Waals surface area contributed by atoms with Crippen LogP contribution in [0, 0.1) is 5.82 Å². The van der Waals surface area contributed by atoms with E-state index in [9.17, 15) is 17.6 Å². The molecule has 0 radical (unpaired) electrons. The van der Waals surface area contributed by atoms with Gasteiger partial charge in [0.15, 0.2) is 0 Å². The van der Waals surface area contributed by atoms with Crippen molar-refractivity contribution < 1.29 is 22.0 Å². The minimum absolute atomic E-state index is 0.240. The van der Waals surface area contributed by atoms with E-state index in [-0.39, 0.29) is 11.3 Å². The number of para-hydroxylation sites is 1. The summed E-state index contributed by atoms with van der Waals surface area (Å²) in [5.74, 6) is -0.589. The number of carbonyl (C=O) groups excluding carboxylic acids is 1. The number of amides is 1. The summed E-state index contributed by atoms with van der Waals surface area (Å²) in [4.78, 5) is 21.4. The van der Waals surface area contributed by atoms with Crippen LogP contribution in [0.15, 0.2) is 89.3 Å². The molecule has 6 aromatic rings. The number of nitrogens with one attached hydrogen (secondary N) is 2. The van der Waals surface area contributed by atoms with Gasteiger partial charge in [0.2, 0.25) is 10.0 Å². The first-order valence-electron chi connectivity index (χ1n) is 12.7. The molecule has 0 bridgehead atoms. The molecular formula is C31H25FN4O4S. The number of sulfonamides is 1. The number of rotatable bonds is 6. The number of nitrogens with zero attached hydrogens (tertiary/aromatic N) is 2. The predicted molar refractivity (Wildman–Crippen MR) is 159 cm³/mol. The monoisotopic (exact) mass is 568 g/mol. The minimum Gasteiger partial charge on any atom is -0.455 e. The van der Waals surface area contributed by atoms with Crippen LogP contribution in [0.1, 0.15) is 10.4 Å². The Morgan fingerprint density at radius 2 is 1.71 bits per heavy atom. The largest absolute Gasteiger partial charge is 0.455 e. The highest BCUT2D eigenvalue weighted by Gasteiger charge is 2.26. The number of fused-ring (bicyclic) bond motifs is 2. The van der Waals surface area contributed by atoms with Gasteiger partial charge >= 0.3 is 0 Å². The topological polar surface area (TPSA) is 108 Å². The van der Waals surface area contributed by atoms with Gasteiger partial charge in [0.25, 0.3) is 5.91 Å². The van der Waals surface area contributed by atoms with Crippen molar-refractivity contribution in [3.63, 3.8) is 0 Å². The Labute approximate surface area is 235 Å². The third-order valence-corrected chi connectivity index (χ3v) is 8.23. The number of aromatic nitrogens is 2. The van der Waals surface area contributed by atoms with Crippen molar-refractivity contribution in [2.75, 3.05) is 24.7 Å². The average Bonchev–Trinajstić information content (AvgIpc) is 3.57. The lowest BCUT2D eigenvalue weighted by Gasteiger charge is -2.20. The highest BCUT2D eigenvalue weighted by atomic mass is 32.2. The van der Waals surface area contributed by atoms with E-state index in [0.717, 1.165) is 27.2 Å². The van der Waals surface area contributed by atoms with Gasteiger partial charge in [0, 0.05) is 47.6 Å². The van der Waals surface area contributed by atoms with E-state index < -0.39 is 21.7 Å². The summed E-state index contributed by atoms with van der Waals surface area (Å²) in [6, 6.07) is 24.3. The predicted octanol–water partition coefficient (Wildman–Crippen LogP) is 6.20. The second-order valence-corrected chi connectivity index (χ2v) is 11.7. The lowest BCUT2D eigenvalue weighted by atomic mass is 10.0. The molecule has 6 rings (SSSR count). The summed E-state index contributed by atoms with van der Waals surface area (Å²) in [6.07, 6.45) is 1.11. The van der Waals surface area contributed by atoms with E-state index in [2.05, 4.69) is 10.3 Å². The van der Waals surface area contributed by atoms with Crippen molar-refractivity contribution in [3.05, 3.63) is 96.3 Å². The molecule has 0 saturated carbocycles. The summed E-state index contributed by atoms with van der Waals surface area (Å²) in [7, 11) is -0.722. The molecule has 3 aromatic heterocycles. The van der Waals surface area contributed by atoms with E-state index in [1.807, 2.05) is 42.5 Å².